The molecule has 2 amide bonds. The van der Waals surface area contributed by atoms with Gasteiger partial charge < -0.3 is 24.2 Å². The Morgan fingerprint density at radius 1 is 0.963 bits per heavy atom. The van der Waals surface area contributed by atoms with Crippen LogP contribution < -0.4 is 10.4 Å². The Morgan fingerprint density at radius 2 is 1.63 bits per heavy atom. The van der Waals surface area contributed by atoms with Crippen LogP contribution >= 0.6 is 0 Å². The van der Waals surface area contributed by atoms with Crippen molar-refractivity contribution in [3.05, 3.63) is 126 Å². The van der Waals surface area contributed by atoms with E-state index in [9.17, 15) is 24.9 Å². The van der Waals surface area contributed by atoms with E-state index in [0.29, 0.717) is 42.2 Å². The van der Waals surface area contributed by atoms with Crippen LogP contribution in [0.5, 0.6) is 0 Å². The third kappa shape index (κ3) is 7.72. The van der Waals surface area contributed by atoms with Crippen LogP contribution in [-0.2, 0) is 20.6 Å². The van der Waals surface area contributed by atoms with Gasteiger partial charge in [-0.2, -0.15) is 0 Å². The van der Waals surface area contributed by atoms with Gasteiger partial charge in [-0.25, -0.2) is 0 Å². The molecule has 1 fully saturated rings. The van der Waals surface area contributed by atoms with Gasteiger partial charge in [-0.3, -0.25) is 19.5 Å². The smallest absolute Gasteiger partial charge is 0.261 e. The molecule has 3 heterocycles. The second kappa shape index (κ2) is 16.9. The lowest BCUT2D eigenvalue weighted by Gasteiger charge is -2.44. The van der Waals surface area contributed by atoms with E-state index in [0.717, 1.165) is 21.5 Å². The fraction of sp³-hybridized carbons (Fsp3) is 0.386. The number of allylic oxidation sites excluding steroid dienone is 1. The van der Waals surface area contributed by atoms with Crippen molar-refractivity contribution in [3.63, 3.8) is 0 Å². The average Bonchev–Trinajstić information content (AvgIpc) is 3.74. The summed E-state index contributed by atoms with van der Waals surface area (Å²) in [5.41, 5.74) is 2.87. The Labute approximate surface area is 319 Å². The van der Waals surface area contributed by atoms with Gasteiger partial charge >= 0.3 is 0 Å². The van der Waals surface area contributed by atoms with E-state index in [-0.39, 0.29) is 42.9 Å². The van der Waals surface area contributed by atoms with Crippen LogP contribution in [0.15, 0.2) is 113 Å². The highest BCUT2D eigenvalue weighted by molar-refractivity contribution is 6.99. The Kier molecular flexibility index (Phi) is 12.3. The number of furan rings is 1. The molecule has 2 aromatic heterocycles. The maximum Gasteiger partial charge on any atom is 0.261 e. The molecule has 0 unspecified atom stereocenters. The number of carbonyl (C=O) groups is 2. The van der Waals surface area contributed by atoms with Gasteiger partial charge in [-0.1, -0.05) is 94.4 Å². The summed E-state index contributed by atoms with van der Waals surface area (Å²) in [6, 6.07) is 29.7. The lowest BCUT2D eigenvalue weighted by Crippen LogP contribution is -2.66. The van der Waals surface area contributed by atoms with Gasteiger partial charge in [0.25, 0.3) is 8.32 Å². The van der Waals surface area contributed by atoms with E-state index in [2.05, 4.69) is 50.0 Å². The number of amides is 2. The number of fused-ring (bicyclic) bond motifs is 1. The number of benzene rings is 2. The van der Waals surface area contributed by atoms with Crippen LogP contribution in [0, 0.1) is 17.8 Å². The topological polar surface area (TPSA) is 133 Å². The molecule has 2 aliphatic rings. The minimum Gasteiger partial charge on any atom is -0.459 e. The third-order valence-corrected chi connectivity index (χ3v) is 16.0. The van der Waals surface area contributed by atoms with E-state index >= 15 is 0 Å². The zero-order valence-electron chi connectivity index (χ0n) is 31.7. The number of hydrogen-bond acceptors (Lipinski definition) is 8. The molecule has 3 N–H and O–H groups in total. The van der Waals surface area contributed by atoms with Gasteiger partial charge in [0, 0.05) is 18.7 Å². The number of aromatic nitrogens is 1. The predicted molar refractivity (Wildman–Crippen MR) is 212 cm³/mol. The Hall–Kier alpha value is -4.45. The molecule has 284 valence electrons. The summed E-state index contributed by atoms with van der Waals surface area (Å²) in [5.74, 6) is -1.67. The van der Waals surface area contributed by atoms with Crippen molar-refractivity contribution in [3.8, 4) is 0 Å². The van der Waals surface area contributed by atoms with Crippen LogP contribution in [0.4, 0.5) is 0 Å². The molecule has 0 radical (unpaired) electrons. The molecule has 4 aromatic rings. The summed E-state index contributed by atoms with van der Waals surface area (Å²) in [6.07, 6.45) is 4.04. The van der Waals surface area contributed by atoms with Crippen molar-refractivity contribution >= 4 is 42.2 Å². The number of rotatable bonds is 15. The molecule has 1 aliphatic carbocycles. The quantitative estimate of drug-likeness (QED) is 0.0797. The van der Waals surface area contributed by atoms with Gasteiger partial charge in [0.1, 0.15) is 18.1 Å². The van der Waals surface area contributed by atoms with E-state index < -0.39 is 38.8 Å². The largest absolute Gasteiger partial charge is 0.459 e. The van der Waals surface area contributed by atoms with E-state index in [4.69, 9.17) is 8.84 Å². The van der Waals surface area contributed by atoms with Crippen molar-refractivity contribution in [2.45, 2.75) is 71.1 Å². The van der Waals surface area contributed by atoms with E-state index in [1.165, 1.54) is 4.90 Å². The average molecular weight is 749 g/mol. The van der Waals surface area contributed by atoms with Crippen LogP contribution in [-0.4, -0.2) is 71.2 Å². The molecule has 2 aromatic carbocycles. The minimum atomic E-state index is -3.03. The first-order valence-corrected chi connectivity index (χ1v) is 20.9. The number of carbonyl (C=O) groups excluding carboxylic acids is 2. The molecule has 0 saturated carbocycles. The zero-order chi connectivity index (χ0) is 38.5. The normalized spacial score (nSPS) is 20.1. The first kappa shape index (κ1) is 39.2. The number of pyridine rings is 1. The molecule has 0 spiro atoms. The molecular weight excluding hydrogens is 697 g/mol. The molecule has 4 atom stereocenters. The van der Waals surface area contributed by atoms with Crippen molar-refractivity contribution in [2.24, 2.45) is 17.8 Å². The molecule has 1 aliphatic heterocycles. The summed E-state index contributed by atoms with van der Waals surface area (Å²) in [4.78, 5) is 33.7. The lowest BCUT2D eigenvalue weighted by molar-refractivity contribution is -0.140. The van der Waals surface area contributed by atoms with Crippen LogP contribution in [0.1, 0.15) is 70.6 Å². The second-order valence-corrected chi connectivity index (χ2v) is 19.7. The van der Waals surface area contributed by atoms with Gasteiger partial charge in [-0.15, -0.1) is 0 Å². The lowest BCUT2D eigenvalue weighted by atomic mass is 9.68. The number of aliphatic hydroxyl groups excluding tert-OH is 3. The Bertz CT molecular complexity index is 1910. The predicted octanol–water partition coefficient (Wildman–Crippen LogP) is 5.75. The van der Waals surface area contributed by atoms with E-state index in [1.54, 1.807) is 18.3 Å². The second-order valence-electron chi connectivity index (χ2n) is 15.4. The summed E-state index contributed by atoms with van der Waals surface area (Å²) in [7, 11) is -3.03. The molecule has 10 heteroatoms. The van der Waals surface area contributed by atoms with Crippen LogP contribution in [0.25, 0.3) is 11.6 Å². The summed E-state index contributed by atoms with van der Waals surface area (Å²) < 4.78 is 13.2. The Morgan fingerprint density at radius 3 is 2.19 bits per heavy atom. The highest BCUT2D eigenvalue weighted by atomic mass is 28.4. The Balaban J connectivity index is 1.42. The first-order chi connectivity index (χ1) is 26.0. The monoisotopic (exact) mass is 748 g/mol. The molecule has 54 heavy (non-hydrogen) atoms. The number of hydrogen-bond donors (Lipinski definition) is 3. The van der Waals surface area contributed by atoms with Crippen LogP contribution in [0.3, 0.4) is 0 Å². The molecule has 1 saturated heterocycles. The molecule has 0 bridgehead atoms. The van der Waals surface area contributed by atoms with Gasteiger partial charge in [-0.05, 0) is 88.2 Å². The van der Waals surface area contributed by atoms with Crippen molar-refractivity contribution in [2.75, 3.05) is 19.8 Å². The fourth-order valence-electron chi connectivity index (χ4n) is 8.56. The summed E-state index contributed by atoms with van der Waals surface area (Å²) in [5, 5.41) is 34.8. The minimum absolute atomic E-state index is 0.133. The number of likely N-dealkylation sites (tertiary alicyclic amines) is 1. The number of imide groups is 1. The summed E-state index contributed by atoms with van der Waals surface area (Å²) in [6.45, 7) is 8.37. The summed E-state index contributed by atoms with van der Waals surface area (Å²) >= 11 is 0. The van der Waals surface area contributed by atoms with Crippen LogP contribution in [0.2, 0.25) is 5.04 Å². The van der Waals surface area contributed by atoms with Crippen molar-refractivity contribution in [1.82, 2.24) is 9.88 Å². The van der Waals surface area contributed by atoms with Gasteiger partial charge in [0.05, 0.1) is 36.8 Å². The zero-order valence-corrected chi connectivity index (χ0v) is 32.7. The van der Waals surface area contributed by atoms with E-state index in [1.807, 2.05) is 67.6 Å². The highest BCUT2D eigenvalue weighted by Crippen LogP contribution is 2.47. The van der Waals surface area contributed by atoms with Crippen molar-refractivity contribution < 1.29 is 33.8 Å². The number of aliphatic hydroxyl groups is 3. The molecular formula is C44H52N2O7Si. The third-order valence-electron chi connectivity index (χ3n) is 11.0. The SMILES string of the molecule is CCCN1C(=O)[C@@H]2[C@@H](CC(CO[Si](c3ccccc3)(c3ccccc3)C(C)(C)C)=C([C@H](O)CC/C(=C/c3ccc(CO)o3)c3ccccn3)[C@@H]2CO)C1=O. The maximum absolute atomic E-state index is 13.9. The van der Waals surface area contributed by atoms with Gasteiger partial charge in [0.2, 0.25) is 11.8 Å². The first-order valence-electron chi connectivity index (χ1n) is 19.0. The highest BCUT2D eigenvalue weighted by Gasteiger charge is 2.56. The van der Waals surface area contributed by atoms with Gasteiger partial charge in [0.15, 0.2) is 0 Å². The number of nitrogens with zero attached hydrogens (tertiary/aromatic N) is 2. The van der Waals surface area contributed by atoms with Crippen molar-refractivity contribution in [1.29, 1.82) is 0 Å². The fourth-order valence-corrected chi connectivity index (χ4v) is 13.1. The molecule has 9 nitrogen and oxygen atoms in total. The molecule has 6 rings (SSSR count). The maximum atomic E-state index is 13.9. The standard InChI is InChI=1S/C44H52N2O7Si/c1-5-24-46-42(50)36-26-31(29-52-54(44(2,3)4,34-14-8-6-9-15-34)35-16-10-7-11-17-35)40(37(28-48)41(36)43(46)51)39(49)22-19-30(38-18-12-13-23-45-38)25-32-20-21-33(27-47)53-32/h6-18,20-21,23,25,36-37,39,41,47-49H,5,19,22,24,26-29H2,1-4H3/b30-25-/t36-,37+,39-,41-/m1/s1.